The Labute approximate surface area is 166 Å². The van der Waals surface area contributed by atoms with Gasteiger partial charge < -0.3 is 9.47 Å². The molecular weight excluding hydrogens is 355 g/mol. The van der Waals surface area contributed by atoms with E-state index in [0.717, 1.165) is 37.3 Å². The van der Waals surface area contributed by atoms with Crippen LogP contribution in [0.3, 0.4) is 0 Å². The summed E-state index contributed by atoms with van der Waals surface area (Å²) in [4.78, 5) is 6.89. The zero-order valence-corrected chi connectivity index (χ0v) is 17.0. The molecule has 0 N–H and O–H groups in total. The van der Waals surface area contributed by atoms with E-state index in [4.69, 9.17) is 9.47 Å². The molecule has 150 valence electrons. The number of benzene rings is 1. The summed E-state index contributed by atoms with van der Waals surface area (Å²) in [7, 11) is 0. The highest BCUT2D eigenvalue weighted by molar-refractivity contribution is 5.45. The topological polar surface area (TPSA) is 34.6 Å². The molecule has 0 bridgehead atoms. The van der Waals surface area contributed by atoms with Gasteiger partial charge in [0.05, 0.1) is 0 Å². The van der Waals surface area contributed by atoms with Gasteiger partial charge >= 0.3 is 0 Å². The lowest BCUT2D eigenvalue weighted by Crippen LogP contribution is -2.38. The molecule has 2 atom stereocenters. The molecule has 2 aliphatic heterocycles. The van der Waals surface area contributed by atoms with E-state index in [1.807, 2.05) is 6.07 Å². The maximum Gasteiger partial charge on any atom is 0.164 e. The van der Waals surface area contributed by atoms with Crippen molar-refractivity contribution in [2.45, 2.75) is 46.1 Å². The number of likely N-dealkylation sites (tertiary alicyclic amines) is 1. The quantitative estimate of drug-likeness (QED) is 0.770. The standard InChI is InChI=1S/C23H29FN2O2/c1-15-9-19(10-16(2)25-15)11-18-5-4-6-26(14-18)17(3)20-12-22-23(13-21(20)24)28-8-7-27-22/h9-10,12-13,17-18H,4-8,11,14H2,1-3H3/t17-,18?/m0/s1. The Bertz CT molecular complexity index is 834. The first kappa shape index (κ1) is 19.2. The number of halogens is 1. The van der Waals surface area contributed by atoms with Crippen molar-refractivity contribution in [3.05, 3.63) is 52.6 Å². The number of pyridine rings is 1. The largest absolute Gasteiger partial charge is 0.486 e. The van der Waals surface area contributed by atoms with Crippen molar-refractivity contribution in [3.63, 3.8) is 0 Å². The van der Waals surface area contributed by atoms with Gasteiger partial charge in [0.2, 0.25) is 0 Å². The molecule has 0 saturated carbocycles. The fraction of sp³-hybridized carbons (Fsp3) is 0.522. The Balaban J connectivity index is 1.48. The molecule has 4 rings (SSSR count). The molecule has 4 nitrogen and oxygen atoms in total. The van der Waals surface area contributed by atoms with Crippen LogP contribution in [0.25, 0.3) is 0 Å². The molecule has 1 saturated heterocycles. The number of hydrogen-bond acceptors (Lipinski definition) is 4. The van der Waals surface area contributed by atoms with E-state index < -0.39 is 0 Å². The highest BCUT2D eigenvalue weighted by Crippen LogP contribution is 2.37. The molecule has 2 aromatic rings. The van der Waals surface area contributed by atoms with Gasteiger partial charge in [-0.2, -0.15) is 0 Å². The smallest absolute Gasteiger partial charge is 0.164 e. The predicted molar refractivity (Wildman–Crippen MR) is 108 cm³/mol. The Hall–Kier alpha value is -2.14. The van der Waals surface area contributed by atoms with Gasteiger partial charge in [0, 0.05) is 35.6 Å². The third-order valence-corrected chi connectivity index (χ3v) is 5.88. The van der Waals surface area contributed by atoms with Crippen molar-refractivity contribution in [1.82, 2.24) is 9.88 Å². The van der Waals surface area contributed by atoms with Crippen molar-refractivity contribution in [3.8, 4) is 11.5 Å². The van der Waals surface area contributed by atoms with E-state index in [1.165, 1.54) is 18.1 Å². The summed E-state index contributed by atoms with van der Waals surface area (Å²) in [6, 6.07) is 7.70. The van der Waals surface area contributed by atoms with Crippen LogP contribution in [0.5, 0.6) is 11.5 Å². The molecular formula is C23H29FN2O2. The monoisotopic (exact) mass is 384 g/mol. The molecule has 2 aliphatic rings. The molecule has 5 heteroatoms. The lowest BCUT2D eigenvalue weighted by atomic mass is 9.89. The molecule has 0 radical (unpaired) electrons. The summed E-state index contributed by atoms with van der Waals surface area (Å²) in [5.41, 5.74) is 4.21. The number of aryl methyl sites for hydroxylation is 2. The Kier molecular flexibility index (Phi) is 5.54. The van der Waals surface area contributed by atoms with E-state index >= 15 is 0 Å². The Morgan fingerprint density at radius 2 is 1.79 bits per heavy atom. The molecule has 0 spiro atoms. The maximum absolute atomic E-state index is 14.7. The van der Waals surface area contributed by atoms with Crippen LogP contribution in [0.2, 0.25) is 0 Å². The Morgan fingerprint density at radius 1 is 1.11 bits per heavy atom. The van der Waals surface area contributed by atoms with Crippen LogP contribution in [0.4, 0.5) is 4.39 Å². The summed E-state index contributed by atoms with van der Waals surface area (Å²) in [5, 5.41) is 0. The number of piperidine rings is 1. The molecule has 0 aliphatic carbocycles. The molecule has 1 aromatic carbocycles. The van der Waals surface area contributed by atoms with Gasteiger partial charge in [0.15, 0.2) is 11.5 Å². The molecule has 3 heterocycles. The number of fused-ring (bicyclic) bond motifs is 1. The van der Waals surface area contributed by atoms with Crippen molar-refractivity contribution < 1.29 is 13.9 Å². The van der Waals surface area contributed by atoms with E-state index in [1.54, 1.807) is 0 Å². The molecule has 1 aromatic heterocycles. The average molecular weight is 384 g/mol. The normalized spacial score (nSPS) is 20.8. The van der Waals surface area contributed by atoms with E-state index in [2.05, 4.69) is 42.8 Å². The van der Waals surface area contributed by atoms with Gasteiger partial charge in [-0.05, 0) is 76.3 Å². The highest BCUT2D eigenvalue weighted by atomic mass is 19.1. The SMILES string of the molecule is Cc1cc(CC2CCCN([C@@H](C)c3cc4c(cc3F)OCCO4)C2)cc(C)n1. The summed E-state index contributed by atoms with van der Waals surface area (Å²) < 4.78 is 25.9. The van der Waals surface area contributed by atoms with Gasteiger partial charge in [-0.25, -0.2) is 4.39 Å². The van der Waals surface area contributed by atoms with Crippen LogP contribution >= 0.6 is 0 Å². The first-order chi connectivity index (χ1) is 13.5. The van der Waals surface area contributed by atoms with Crippen LogP contribution in [-0.4, -0.2) is 36.2 Å². The summed E-state index contributed by atoms with van der Waals surface area (Å²) in [5.74, 6) is 1.54. The van der Waals surface area contributed by atoms with Crippen molar-refractivity contribution in [2.24, 2.45) is 5.92 Å². The molecule has 1 fully saturated rings. The molecule has 1 unspecified atom stereocenters. The third kappa shape index (κ3) is 4.14. The Morgan fingerprint density at radius 3 is 2.50 bits per heavy atom. The number of rotatable bonds is 4. The minimum Gasteiger partial charge on any atom is -0.486 e. The van der Waals surface area contributed by atoms with E-state index in [0.29, 0.717) is 36.2 Å². The zero-order chi connectivity index (χ0) is 19.7. The van der Waals surface area contributed by atoms with Gasteiger partial charge in [-0.15, -0.1) is 0 Å². The number of hydrogen-bond donors (Lipinski definition) is 0. The van der Waals surface area contributed by atoms with E-state index in [9.17, 15) is 4.39 Å². The minimum absolute atomic E-state index is 0.0135. The average Bonchev–Trinajstić information content (AvgIpc) is 2.66. The lowest BCUT2D eigenvalue weighted by Gasteiger charge is -2.37. The zero-order valence-electron chi connectivity index (χ0n) is 17.0. The minimum atomic E-state index is -0.209. The number of ether oxygens (including phenoxy) is 2. The number of nitrogens with zero attached hydrogens (tertiary/aromatic N) is 2. The lowest BCUT2D eigenvalue weighted by molar-refractivity contribution is 0.128. The second-order valence-electron chi connectivity index (χ2n) is 8.16. The first-order valence-electron chi connectivity index (χ1n) is 10.3. The van der Waals surface area contributed by atoms with Gasteiger partial charge in [0.1, 0.15) is 19.0 Å². The predicted octanol–water partition coefficient (Wildman–Crippen LogP) is 4.62. The second kappa shape index (κ2) is 8.08. The van der Waals surface area contributed by atoms with Gasteiger partial charge in [0.25, 0.3) is 0 Å². The van der Waals surface area contributed by atoms with E-state index in [-0.39, 0.29) is 11.9 Å². The fourth-order valence-electron chi connectivity index (χ4n) is 4.58. The summed E-state index contributed by atoms with van der Waals surface area (Å²) >= 11 is 0. The molecule has 0 amide bonds. The maximum atomic E-state index is 14.7. The number of aromatic nitrogens is 1. The van der Waals surface area contributed by atoms with Crippen LogP contribution < -0.4 is 9.47 Å². The van der Waals surface area contributed by atoms with Crippen molar-refractivity contribution >= 4 is 0 Å². The first-order valence-corrected chi connectivity index (χ1v) is 10.3. The molecule has 28 heavy (non-hydrogen) atoms. The van der Waals surface area contributed by atoms with Crippen LogP contribution in [0.1, 0.15) is 48.3 Å². The van der Waals surface area contributed by atoms with Crippen LogP contribution in [-0.2, 0) is 6.42 Å². The second-order valence-corrected chi connectivity index (χ2v) is 8.16. The van der Waals surface area contributed by atoms with Crippen LogP contribution in [0.15, 0.2) is 24.3 Å². The highest BCUT2D eigenvalue weighted by Gasteiger charge is 2.27. The van der Waals surface area contributed by atoms with Crippen molar-refractivity contribution in [2.75, 3.05) is 26.3 Å². The summed E-state index contributed by atoms with van der Waals surface area (Å²) in [6.07, 6.45) is 3.41. The summed E-state index contributed by atoms with van der Waals surface area (Å²) in [6.45, 7) is 9.17. The van der Waals surface area contributed by atoms with Gasteiger partial charge in [-0.3, -0.25) is 9.88 Å². The van der Waals surface area contributed by atoms with Crippen molar-refractivity contribution in [1.29, 1.82) is 0 Å². The van der Waals surface area contributed by atoms with Crippen LogP contribution in [0, 0.1) is 25.6 Å². The third-order valence-electron chi connectivity index (χ3n) is 5.88. The van der Waals surface area contributed by atoms with Gasteiger partial charge in [-0.1, -0.05) is 0 Å². The fourth-order valence-corrected chi connectivity index (χ4v) is 4.58.